The molecule has 6 nitrogen and oxygen atoms in total. The first-order chi connectivity index (χ1) is 19.6. The van der Waals surface area contributed by atoms with Gasteiger partial charge < -0.3 is 16.0 Å². The number of carbonyl (C=O) groups excluding carboxylic acids is 2. The lowest BCUT2D eigenvalue weighted by Crippen LogP contribution is -2.29. The van der Waals surface area contributed by atoms with Crippen molar-refractivity contribution in [1.29, 1.82) is 0 Å². The molecule has 3 aromatic carbocycles. The Bertz CT molecular complexity index is 1390. The van der Waals surface area contributed by atoms with Gasteiger partial charge in [0.25, 0.3) is 5.91 Å². The highest BCUT2D eigenvalue weighted by atomic mass is 16.2. The van der Waals surface area contributed by atoms with Gasteiger partial charge in [0.1, 0.15) is 0 Å². The number of nitrogens with one attached hydrogen (secondary N) is 3. The first-order valence-electron chi connectivity index (χ1n) is 14.8. The summed E-state index contributed by atoms with van der Waals surface area (Å²) in [6.45, 7) is 3.31. The van der Waals surface area contributed by atoms with Gasteiger partial charge in [-0.25, -0.2) is 0 Å². The van der Waals surface area contributed by atoms with Gasteiger partial charge in [-0.2, -0.15) is 0 Å². The second-order valence-corrected chi connectivity index (χ2v) is 11.4. The molecule has 2 amide bonds. The first-order valence-corrected chi connectivity index (χ1v) is 14.8. The quantitative estimate of drug-likeness (QED) is 0.269. The molecule has 6 rings (SSSR count). The fraction of sp³-hybridized carbons (Fsp3) is 0.353. The number of rotatable bonds is 8. The largest absolute Gasteiger partial charge is 0.354 e. The van der Waals surface area contributed by atoms with Gasteiger partial charge in [-0.3, -0.25) is 14.5 Å². The Morgan fingerprint density at radius 1 is 0.825 bits per heavy atom. The first kappa shape index (κ1) is 26.3. The van der Waals surface area contributed by atoms with E-state index in [0.717, 1.165) is 47.6 Å². The fourth-order valence-corrected chi connectivity index (χ4v) is 6.28. The molecule has 6 heteroatoms. The van der Waals surface area contributed by atoms with Gasteiger partial charge >= 0.3 is 0 Å². The zero-order valence-electron chi connectivity index (χ0n) is 23.0. The number of fused-ring (bicyclic) bond motifs is 1. The molecular formula is C34H38N4O2. The van der Waals surface area contributed by atoms with E-state index in [0.29, 0.717) is 23.6 Å². The summed E-state index contributed by atoms with van der Waals surface area (Å²) in [5.41, 5.74) is 6.72. The molecule has 2 fully saturated rings. The highest BCUT2D eigenvalue weighted by Crippen LogP contribution is 2.39. The Morgan fingerprint density at radius 3 is 2.30 bits per heavy atom. The molecule has 1 aliphatic carbocycles. The minimum absolute atomic E-state index is 0.0423. The van der Waals surface area contributed by atoms with Crippen LogP contribution in [0.2, 0.25) is 0 Å². The van der Waals surface area contributed by atoms with Gasteiger partial charge in [-0.1, -0.05) is 61.7 Å². The molecule has 1 saturated carbocycles. The fourth-order valence-electron chi connectivity index (χ4n) is 6.28. The standard InChI is InChI=1S/C34H38N4O2/c39-31(21-24-9-5-6-10-24)35-28-17-18-30-29(22-28)32(34(40)37-30)33(26-11-3-1-4-12-26)36-27-15-13-25(14-16-27)23-38-19-7-2-8-20-38/h1,3-4,11-18,22,24,36H,2,5-10,19-21,23H2,(H,35,39)(H,37,40). The zero-order chi connectivity index (χ0) is 27.3. The summed E-state index contributed by atoms with van der Waals surface area (Å²) in [4.78, 5) is 28.6. The number of benzene rings is 3. The van der Waals surface area contributed by atoms with Crippen LogP contribution in [-0.2, 0) is 16.1 Å². The van der Waals surface area contributed by atoms with E-state index >= 15 is 0 Å². The van der Waals surface area contributed by atoms with Crippen molar-refractivity contribution >= 4 is 40.1 Å². The summed E-state index contributed by atoms with van der Waals surface area (Å²) >= 11 is 0. The minimum atomic E-state index is -0.155. The Hall–Kier alpha value is -3.90. The molecule has 0 spiro atoms. The van der Waals surface area contributed by atoms with E-state index in [1.165, 1.54) is 50.8 Å². The molecule has 2 heterocycles. The average Bonchev–Trinajstić information content (AvgIpc) is 3.60. The van der Waals surface area contributed by atoms with E-state index in [1.54, 1.807) is 0 Å². The molecule has 1 saturated heterocycles. The molecule has 0 bridgehead atoms. The molecule has 0 atom stereocenters. The number of amides is 2. The topological polar surface area (TPSA) is 73.5 Å². The summed E-state index contributed by atoms with van der Waals surface area (Å²) in [5.74, 6) is 0.367. The van der Waals surface area contributed by atoms with Crippen molar-refractivity contribution in [3.63, 3.8) is 0 Å². The lowest BCUT2D eigenvalue weighted by molar-refractivity contribution is -0.117. The summed E-state index contributed by atoms with van der Waals surface area (Å²) < 4.78 is 0. The minimum Gasteiger partial charge on any atom is -0.354 e. The van der Waals surface area contributed by atoms with E-state index in [4.69, 9.17) is 0 Å². The van der Waals surface area contributed by atoms with Crippen molar-refractivity contribution in [3.8, 4) is 0 Å². The van der Waals surface area contributed by atoms with E-state index < -0.39 is 0 Å². The molecular weight excluding hydrogens is 496 g/mol. The summed E-state index contributed by atoms with van der Waals surface area (Å²) in [6, 6.07) is 24.1. The van der Waals surface area contributed by atoms with Gasteiger partial charge in [0.05, 0.1) is 11.3 Å². The molecule has 0 radical (unpaired) electrons. The van der Waals surface area contributed by atoms with E-state index in [2.05, 4.69) is 45.1 Å². The van der Waals surface area contributed by atoms with Crippen molar-refractivity contribution in [2.75, 3.05) is 29.0 Å². The average molecular weight is 535 g/mol. The zero-order valence-corrected chi connectivity index (χ0v) is 23.0. The van der Waals surface area contributed by atoms with Gasteiger partial charge in [-0.15, -0.1) is 0 Å². The summed E-state index contributed by atoms with van der Waals surface area (Å²) in [7, 11) is 0. The van der Waals surface area contributed by atoms with Crippen LogP contribution in [0.5, 0.6) is 0 Å². The smallest absolute Gasteiger partial charge is 0.258 e. The number of hydrogen-bond acceptors (Lipinski definition) is 4. The van der Waals surface area contributed by atoms with Crippen LogP contribution in [0.3, 0.4) is 0 Å². The van der Waals surface area contributed by atoms with E-state index in [-0.39, 0.29) is 11.8 Å². The maximum atomic E-state index is 13.4. The van der Waals surface area contributed by atoms with Crippen LogP contribution in [0.15, 0.2) is 72.8 Å². The molecule has 0 aromatic heterocycles. The highest BCUT2D eigenvalue weighted by Gasteiger charge is 2.29. The van der Waals surface area contributed by atoms with Crippen LogP contribution in [0.4, 0.5) is 17.1 Å². The van der Waals surface area contributed by atoms with Crippen LogP contribution in [0, 0.1) is 5.92 Å². The van der Waals surface area contributed by atoms with Gasteiger partial charge in [0, 0.05) is 35.6 Å². The maximum Gasteiger partial charge on any atom is 0.258 e. The van der Waals surface area contributed by atoms with E-state index in [9.17, 15) is 9.59 Å². The number of carbonyl (C=O) groups is 2. The predicted octanol–water partition coefficient (Wildman–Crippen LogP) is 7.12. The van der Waals surface area contributed by atoms with Crippen molar-refractivity contribution < 1.29 is 9.59 Å². The van der Waals surface area contributed by atoms with Crippen LogP contribution in [-0.4, -0.2) is 29.8 Å². The third-order valence-electron chi connectivity index (χ3n) is 8.39. The number of anilines is 3. The Morgan fingerprint density at radius 2 is 1.55 bits per heavy atom. The lowest BCUT2D eigenvalue weighted by Gasteiger charge is -2.26. The molecule has 2 aliphatic heterocycles. The second-order valence-electron chi connectivity index (χ2n) is 11.4. The van der Waals surface area contributed by atoms with Gasteiger partial charge in [0.15, 0.2) is 0 Å². The monoisotopic (exact) mass is 534 g/mol. The summed E-state index contributed by atoms with van der Waals surface area (Å²) in [5, 5.41) is 9.67. The van der Waals surface area contributed by atoms with Crippen molar-refractivity contribution in [2.45, 2.75) is 57.9 Å². The van der Waals surface area contributed by atoms with Gasteiger partial charge in [0.2, 0.25) is 5.91 Å². The van der Waals surface area contributed by atoms with Crippen LogP contribution >= 0.6 is 0 Å². The number of nitrogens with zero attached hydrogens (tertiary/aromatic N) is 1. The van der Waals surface area contributed by atoms with Gasteiger partial charge in [-0.05, 0) is 86.1 Å². The summed E-state index contributed by atoms with van der Waals surface area (Å²) in [6.07, 6.45) is 9.15. The number of likely N-dealkylation sites (tertiary alicyclic amines) is 1. The predicted molar refractivity (Wildman–Crippen MR) is 163 cm³/mol. The molecule has 3 N–H and O–H groups in total. The van der Waals surface area contributed by atoms with Crippen molar-refractivity contribution in [3.05, 3.63) is 89.5 Å². The molecule has 3 aromatic rings. The normalized spacial score (nSPS) is 18.8. The number of hydrogen-bond donors (Lipinski definition) is 3. The van der Waals surface area contributed by atoms with Crippen LogP contribution in [0.25, 0.3) is 11.3 Å². The SMILES string of the molecule is O=C(CC1CCCC1)Nc1ccc2c(c1)C(=C(Nc1ccc(CN3CCCCC3)cc1)c1ccccc1)C(=O)N2. The molecule has 40 heavy (non-hydrogen) atoms. The van der Waals surface area contributed by atoms with Crippen molar-refractivity contribution in [1.82, 2.24) is 4.90 Å². The highest BCUT2D eigenvalue weighted by molar-refractivity contribution is 6.37. The van der Waals surface area contributed by atoms with Crippen LogP contribution in [0.1, 0.15) is 68.1 Å². The Kier molecular flexibility index (Phi) is 7.96. The van der Waals surface area contributed by atoms with Crippen molar-refractivity contribution in [2.24, 2.45) is 5.92 Å². The second kappa shape index (κ2) is 12.1. The lowest BCUT2D eigenvalue weighted by atomic mass is 9.99. The Labute approximate surface area is 236 Å². The van der Waals surface area contributed by atoms with Crippen LogP contribution < -0.4 is 16.0 Å². The number of piperidine rings is 1. The maximum absolute atomic E-state index is 13.4. The molecule has 206 valence electrons. The van der Waals surface area contributed by atoms with E-state index in [1.807, 2.05) is 48.5 Å². The Balaban J connectivity index is 1.27. The third kappa shape index (κ3) is 6.13. The molecule has 3 aliphatic rings. The molecule has 0 unspecified atom stereocenters. The third-order valence-corrected chi connectivity index (χ3v) is 8.39.